The zero-order valence-corrected chi connectivity index (χ0v) is 65.7. The van der Waals surface area contributed by atoms with E-state index in [0.29, 0.717) is 60.7 Å². The van der Waals surface area contributed by atoms with Crippen LogP contribution in [0.1, 0.15) is 104 Å². The van der Waals surface area contributed by atoms with Gasteiger partial charge in [-0.05, 0) is 84.9 Å². The Hall–Kier alpha value is -19.2. The number of fused-ring (bicyclic) bond motifs is 8. The summed E-state index contributed by atoms with van der Waals surface area (Å²) in [5, 5.41) is 329. The van der Waals surface area contributed by atoms with Gasteiger partial charge in [-0.15, -0.1) is 0 Å². The minimum atomic E-state index is -3.25. The fourth-order valence-electron chi connectivity index (χ4n) is 14.2. The Kier molecular flexibility index (Phi) is 23.0. The average molecular weight is 1880 g/mol. The molecule has 134 heavy (non-hydrogen) atoms. The van der Waals surface area contributed by atoms with Crippen molar-refractivity contribution in [2.24, 2.45) is 0 Å². The number of carbonyl (C=O) groups is 10. The predicted octanol–water partition coefficient (Wildman–Crippen LogP) is 3.31. The van der Waals surface area contributed by atoms with Gasteiger partial charge in [-0.1, -0.05) is 0 Å². The standard InChI is InChI=1S/C82H58O52/c83-27-1-17(2-28(84)49(27)97)71(113)129-67-65-42(16-124-76(118)22-10-36(92)54(102)60(108)44(22)45-23(77(119)127-65)11-37(93)55(103)61(45)109)126-82(69(67)131-73(115)19-5-31(87)51(99)32(88)6-19)134-80(122)26-14-40(96)58(106)64(112)48(26)47-25(13-39(95)57(105)63(47)111)79(121)132-70-68(130-72(114)18-3-29(85)50(98)30(86)4-18)66-41(125-81(70)133-74(116)20-7-33(89)52(100)34(90)8-20)15-123-75(117)21-9-35(91)53(101)59(107)43(21)46-24(78(120)128-66)12-38(94)56(104)62(46)110/h1-14,41-42,65-70,81-112H,15-16H2/t41-,42-,65-,66-,67+,68+,69-,70-,81+,82+/m1/s1. The number of phenols is 30. The number of benzene rings is 10. The molecule has 0 aliphatic carbocycles. The smallest absolute Gasteiger partial charge is 0.341 e. The van der Waals surface area contributed by atoms with E-state index in [1.54, 1.807) is 0 Å². The van der Waals surface area contributed by atoms with E-state index in [0.717, 1.165) is 0 Å². The van der Waals surface area contributed by atoms with Gasteiger partial charge in [0.25, 0.3) is 0 Å². The largest absolute Gasteiger partial charge is 0.504 e. The highest BCUT2D eigenvalue weighted by molar-refractivity contribution is 6.12. The first kappa shape index (κ1) is 91.0. The van der Waals surface area contributed by atoms with Gasteiger partial charge < -0.3 is 210 Å². The lowest BCUT2D eigenvalue weighted by Crippen LogP contribution is -2.63. The van der Waals surface area contributed by atoms with Crippen LogP contribution in [0.4, 0.5) is 0 Å². The summed E-state index contributed by atoms with van der Waals surface area (Å²) < 4.78 is 68.9. The highest BCUT2D eigenvalue weighted by Gasteiger charge is 2.59. The summed E-state index contributed by atoms with van der Waals surface area (Å²) in [6.07, 6.45) is -30.0. The molecule has 52 nitrogen and oxygen atoms in total. The number of esters is 10. The van der Waals surface area contributed by atoms with Crippen molar-refractivity contribution in [2.45, 2.75) is 61.4 Å². The molecule has 30 N–H and O–H groups in total. The number of phenolic OH excluding ortho intramolecular Hbond substituents is 30. The molecule has 10 atom stereocenters. The molecule has 4 heterocycles. The normalized spacial score (nSPS) is 19.1. The third-order valence-electron chi connectivity index (χ3n) is 20.7. The van der Waals surface area contributed by atoms with Crippen molar-refractivity contribution in [3.63, 3.8) is 0 Å². The van der Waals surface area contributed by atoms with E-state index in [1.165, 1.54) is 0 Å². The Labute approximate surface area is 736 Å². The average Bonchev–Trinajstić information content (AvgIpc) is 1.02. The second kappa shape index (κ2) is 33.9. The van der Waals surface area contributed by atoms with E-state index in [4.69, 9.17) is 56.8 Å². The molecule has 0 aromatic heterocycles. The maximum absolute atomic E-state index is 16.0. The van der Waals surface area contributed by atoms with Crippen LogP contribution in [-0.4, -0.2) is 288 Å². The summed E-state index contributed by atoms with van der Waals surface area (Å²) in [6.45, 7) is -3.27. The van der Waals surface area contributed by atoms with Crippen LogP contribution in [0.3, 0.4) is 0 Å². The van der Waals surface area contributed by atoms with Crippen molar-refractivity contribution in [2.75, 3.05) is 13.2 Å². The highest BCUT2D eigenvalue weighted by atomic mass is 16.8. The van der Waals surface area contributed by atoms with E-state index < -0.39 is 396 Å². The quantitative estimate of drug-likeness (QED) is 0.0447. The summed E-state index contributed by atoms with van der Waals surface area (Å²) in [5.74, 6) is -67.1. The Bertz CT molecular complexity index is 6690. The second-order valence-corrected chi connectivity index (χ2v) is 28.9. The van der Waals surface area contributed by atoms with Crippen molar-refractivity contribution in [3.8, 4) is 206 Å². The molecule has 4 aliphatic rings. The van der Waals surface area contributed by atoms with Crippen molar-refractivity contribution in [3.05, 3.63) is 141 Å². The van der Waals surface area contributed by atoms with Crippen molar-refractivity contribution < 1.29 is 258 Å². The summed E-state index contributed by atoms with van der Waals surface area (Å²) in [6, 6.07) is 3.71. The number of aromatic hydroxyl groups is 30. The molecule has 14 rings (SSSR count). The third kappa shape index (κ3) is 15.8. The van der Waals surface area contributed by atoms with E-state index in [1.807, 2.05) is 0 Å². The van der Waals surface area contributed by atoms with Crippen LogP contribution < -0.4 is 0 Å². The van der Waals surface area contributed by atoms with Gasteiger partial charge in [0, 0.05) is 33.4 Å². The summed E-state index contributed by atoms with van der Waals surface area (Å²) in [5.41, 5.74) is -22.0. The molecular formula is C82H58O52. The molecule has 0 unspecified atom stereocenters. The summed E-state index contributed by atoms with van der Waals surface area (Å²) in [4.78, 5) is 150. The Morgan fingerprint density at radius 1 is 0.224 bits per heavy atom. The lowest BCUT2D eigenvalue weighted by atomic mass is 9.91. The molecule has 4 aliphatic heterocycles. The number of ether oxygens (including phenoxy) is 12. The van der Waals surface area contributed by atoms with Crippen LogP contribution in [0, 0.1) is 0 Å². The van der Waals surface area contributed by atoms with Crippen LogP contribution in [0.15, 0.2) is 84.9 Å². The molecule has 2 fully saturated rings. The van der Waals surface area contributed by atoms with Gasteiger partial charge in [-0.25, -0.2) is 47.9 Å². The van der Waals surface area contributed by atoms with Crippen LogP contribution in [0.2, 0.25) is 0 Å². The van der Waals surface area contributed by atoms with E-state index >= 15 is 19.2 Å². The zero-order chi connectivity index (χ0) is 97.9. The minimum Gasteiger partial charge on any atom is -0.504 e. The maximum atomic E-state index is 16.0. The Morgan fingerprint density at radius 2 is 0.425 bits per heavy atom. The molecule has 0 saturated carbocycles. The van der Waals surface area contributed by atoms with Gasteiger partial charge in [-0.3, -0.25) is 0 Å². The molecule has 0 bridgehead atoms. The Balaban J connectivity index is 0.949. The molecule has 0 spiro atoms. The highest BCUT2D eigenvalue weighted by Crippen LogP contribution is 2.58. The molecular weight excluding hydrogens is 1820 g/mol. The van der Waals surface area contributed by atoms with Crippen molar-refractivity contribution in [1.82, 2.24) is 0 Å². The number of carbonyl (C=O) groups excluding carboxylic acids is 10. The SMILES string of the molecule is O=C(O[C@@H]1O[C@@H]2COC(=O)c3cc(O)c(O)c(O)c3-c3c(cc(O)c(O)c3O)C(=O)O[C@H]2[C@H](OC(=O)c2cc(O)c(O)c(O)c2)[C@H]1OC(=O)c1cc(O)c(O)c(O)c1-c1c(C(=O)O[C@@H]2O[C@@H]3COC(=O)c4cc(O)c(O)c(O)c4-c4c(cc(O)c(O)c4O)C(=O)O[C@H]3[C@H](OC(=O)c3cc(O)c(O)c(O)c3)[C@H]2OC(=O)c2cc(O)c(O)c(O)c2)cc(O)c(O)c1O)c1cc(O)c(O)c(O)c1. The topological polar surface area (TPSA) is 888 Å². The lowest BCUT2D eigenvalue weighted by Gasteiger charge is -2.44. The summed E-state index contributed by atoms with van der Waals surface area (Å²) in [7, 11) is 0. The third-order valence-corrected chi connectivity index (χ3v) is 20.7. The Morgan fingerprint density at radius 3 is 0.694 bits per heavy atom. The van der Waals surface area contributed by atoms with E-state index in [9.17, 15) is 182 Å². The maximum Gasteiger partial charge on any atom is 0.341 e. The van der Waals surface area contributed by atoms with Crippen LogP contribution >= 0.6 is 0 Å². The first-order chi connectivity index (χ1) is 63.0. The minimum absolute atomic E-state index is 0.0111. The monoisotopic (exact) mass is 1870 g/mol. The van der Waals surface area contributed by atoms with Gasteiger partial charge in [-0.2, -0.15) is 0 Å². The van der Waals surface area contributed by atoms with Crippen molar-refractivity contribution in [1.29, 1.82) is 0 Å². The van der Waals surface area contributed by atoms with Gasteiger partial charge >= 0.3 is 59.7 Å². The molecule has 10 aromatic carbocycles. The van der Waals surface area contributed by atoms with Crippen LogP contribution in [0.5, 0.6) is 172 Å². The number of hydrogen-bond donors (Lipinski definition) is 30. The van der Waals surface area contributed by atoms with Gasteiger partial charge in [0.05, 0.1) is 55.6 Å². The molecule has 0 amide bonds. The van der Waals surface area contributed by atoms with Crippen LogP contribution in [-0.2, 0) is 56.8 Å². The van der Waals surface area contributed by atoms with E-state index in [2.05, 4.69) is 0 Å². The fourth-order valence-corrected chi connectivity index (χ4v) is 14.2. The second-order valence-electron chi connectivity index (χ2n) is 28.9. The predicted molar refractivity (Wildman–Crippen MR) is 415 cm³/mol. The molecule has 698 valence electrons. The molecule has 52 heteroatoms. The number of hydrogen-bond acceptors (Lipinski definition) is 52. The van der Waals surface area contributed by atoms with Crippen LogP contribution in [0.25, 0.3) is 33.4 Å². The van der Waals surface area contributed by atoms with Gasteiger partial charge in [0.15, 0.2) is 162 Å². The molecule has 2 saturated heterocycles. The first-order valence-corrected chi connectivity index (χ1v) is 37.0. The van der Waals surface area contributed by atoms with E-state index in [-0.39, 0.29) is 24.3 Å². The van der Waals surface area contributed by atoms with Gasteiger partial charge in [0.2, 0.25) is 59.3 Å². The number of rotatable bonds is 13. The summed E-state index contributed by atoms with van der Waals surface area (Å²) >= 11 is 0. The van der Waals surface area contributed by atoms with Crippen molar-refractivity contribution >= 4 is 59.7 Å². The molecule has 0 radical (unpaired) electrons. The van der Waals surface area contributed by atoms with Gasteiger partial charge in [0.1, 0.15) is 25.4 Å². The lowest BCUT2D eigenvalue weighted by molar-refractivity contribution is -0.282. The zero-order valence-electron chi connectivity index (χ0n) is 65.7. The molecule has 10 aromatic rings. The number of cyclic esters (lactones) is 2. The first-order valence-electron chi connectivity index (χ1n) is 37.0. The fraction of sp³-hybridized carbons (Fsp3) is 0.146.